The average molecular weight is 339 g/mol. The monoisotopic (exact) mass is 339 g/mol. The van der Waals surface area contributed by atoms with Crippen molar-refractivity contribution in [3.8, 4) is 0 Å². The molecule has 0 saturated carbocycles. The van der Waals surface area contributed by atoms with Gasteiger partial charge in [-0.15, -0.1) is 0 Å². The van der Waals surface area contributed by atoms with Gasteiger partial charge in [-0.2, -0.15) is 0 Å². The summed E-state index contributed by atoms with van der Waals surface area (Å²) in [6.07, 6.45) is 0. The zero-order valence-corrected chi connectivity index (χ0v) is 14.3. The van der Waals surface area contributed by atoms with E-state index < -0.39 is 5.97 Å². The van der Waals surface area contributed by atoms with Crippen LogP contribution in [-0.4, -0.2) is 30.8 Å². The number of benzene rings is 2. The molecule has 5 nitrogen and oxygen atoms in total. The van der Waals surface area contributed by atoms with Crippen LogP contribution < -0.4 is 5.32 Å². The van der Waals surface area contributed by atoms with Gasteiger partial charge in [0.2, 0.25) is 0 Å². The third kappa shape index (κ3) is 5.57. The van der Waals surface area contributed by atoms with E-state index in [0.29, 0.717) is 29.2 Å². The lowest BCUT2D eigenvalue weighted by Gasteiger charge is -2.08. The number of esters is 1. The fourth-order valence-electron chi connectivity index (χ4n) is 2.10. The number of hydrogen-bond donors (Lipinski definition) is 1. The van der Waals surface area contributed by atoms with E-state index in [9.17, 15) is 14.4 Å². The zero-order chi connectivity index (χ0) is 18.2. The molecule has 0 aliphatic rings. The van der Waals surface area contributed by atoms with Crippen molar-refractivity contribution in [3.63, 3.8) is 0 Å². The van der Waals surface area contributed by atoms with Gasteiger partial charge in [0.1, 0.15) is 0 Å². The van der Waals surface area contributed by atoms with Crippen LogP contribution in [0.1, 0.15) is 40.1 Å². The first-order chi connectivity index (χ1) is 12.0. The van der Waals surface area contributed by atoms with Crippen molar-refractivity contribution in [2.24, 2.45) is 5.92 Å². The molecule has 5 heteroatoms. The van der Waals surface area contributed by atoms with Crippen LogP contribution in [0.2, 0.25) is 0 Å². The third-order valence-electron chi connectivity index (χ3n) is 3.46. The molecule has 130 valence electrons. The largest absolute Gasteiger partial charge is 0.452 e. The van der Waals surface area contributed by atoms with Gasteiger partial charge in [0.25, 0.3) is 5.91 Å². The van der Waals surface area contributed by atoms with Gasteiger partial charge in [-0.1, -0.05) is 56.3 Å². The van der Waals surface area contributed by atoms with Crippen LogP contribution in [0.5, 0.6) is 0 Å². The second-order valence-electron chi connectivity index (χ2n) is 6.05. The molecule has 0 spiro atoms. The maximum atomic E-state index is 12.3. The summed E-state index contributed by atoms with van der Waals surface area (Å²) in [7, 11) is 0. The Hall–Kier alpha value is -2.95. The Balaban J connectivity index is 1.92. The topological polar surface area (TPSA) is 72.5 Å². The van der Waals surface area contributed by atoms with Crippen molar-refractivity contribution < 1.29 is 19.1 Å². The van der Waals surface area contributed by atoms with Crippen LogP contribution in [0.15, 0.2) is 54.6 Å². The summed E-state index contributed by atoms with van der Waals surface area (Å²) >= 11 is 0. The lowest BCUT2D eigenvalue weighted by atomic mass is 10.0. The van der Waals surface area contributed by atoms with Gasteiger partial charge < -0.3 is 10.1 Å². The Labute approximate surface area is 147 Å². The number of amides is 1. The molecule has 2 aromatic carbocycles. The van der Waals surface area contributed by atoms with Crippen molar-refractivity contribution in [2.75, 3.05) is 13.2 Å². The molecule has 0 bridgehead atoms. The highest BCUT2D eigenvalue weighted by molar-refractivity contribution is 6.09. The summed E-state index contributed by atoms with van der Waals surface area (Å²) in [5.41, 5.74) is 1.36. The minimum absolute atomic E-state index is 0.117. The molecule has 0 aliphatic heterocycles. The van der Waals surface area contributed by atoms with Crippen LogP contribution in [0.3, 0.4) is 0 Å². The molecule has 1 amide bonds. The molecule has 0 aliphatic carbocycles. The normalized spacial score (nSPS) is 10.4. The van der Waals surface area contributed by atoms with Gasteiger partial charge in [-0.05, 0) is 18.1 Å². The first-order valence-corrected chi connectivity index (χ1v) is 8.11. The van der Waals surface area contributed by atoms with Gasteiger partial charge in [-0.25, -0.2) is 4.79 Å². The molecule has 2 rings (SSSR count). The minimum Gasteiger partial charge on any atom is -0.452 e. The Morgan fingerprint density at radius 2 is 1.44 bits per heavy atom. The van der Waals surface area contributed by atoms with Crippen LogP contribution in [0.25, 0.3) is 0 Å². The van der Waals surface area contributed by atoms with Gasteiger partial charge in [0.05, 0.1) is 5.56 Å². The summed E-state index contributed by atoms with van der Waals surface area (Å²) in [6, 6.07) is 15.1. The van der Waals surface area contributed by atoms with E-state index in [4.69, 9.17) is 4.74 Å². The molecule has 25 heavy (non-hydrogen) atoms. The highest BCUT2D eigenvalue weighted by atomic mass is 16.5. The van der Waals surface area contributed by atoms with Crippen molar-refractivity contribution in [3.05, 3.63) is 71.3 Å². The molecule has 0 aromatic heterocycles. The predicted octanol–water partition coefficient (Wildman–Crippen LogP) is 2.85. The standard InChI is InChI=1S/C20H21NO4/c1-14(2)12-21-18(22)13-25-20(24)17-10-8-16(9-11-17)19(23)15-6-4-3-5-7-15/h3-11,14H,12-13H2,1-2H3,(H,21,22). The Morgan fingerprint density at radius 1 is 0.880 bits per heavy atom. The van der Waals surface area contributed by atoms with Gasteiger partial charge in [0.15, 0.2) is 12.4 Å². The Bertz CT molecular complexity index is 736. The highest BCUT2D eigenvalue weighted by Crippen LogP contribution is 2.11. The van der Waals surface area contributed by atoms with Crippen molar-refractivity contribution in [1.82, 2.24) is 5.32 Å². The molecule has 0 radical (unpaired) electrons. The number of ether oxygens (including phenoxy) is 1. The fourth-order valence-corrected chi connectivity index (χ4v) is 2.10. The van der Waals surface area contributed by atoms with E-state index in [1.807, 2.05) is 19.9 Å². The molecular formula is C20H21NO4. The van der Waals surface area contributed by atoms with Gasteiger partial charge in [0, 0.05) is 17.7 Å². The summed E-state index contributed by atoms with van der Waals surface area (Å²) in [5.74, 6) is -0.723. The molecule has 0 unspecified atom stereocenters. The summed E-state index contributed by atoms with van der Waals surface area (Å²) in [6.45, 7) is 4.16. The number of ketones is 1. The second kappa shape index (κ2) is 8.78. The van der Waals surface area contributed by atoms with E-state index in [0.717, 1.165) is 0 Å². The third-order valence-corrected chi connectivity index (χ3v) is 3.46. The number of carbonyl (C=O) groups is 3. The molecule has 0 saturated heterocycles. The van der Waals surface area contributed by atoms with Crippen LogP contribution in [0, 0.1) is 5.92 Å². The number of nitrogens with one attached hydrogen (secondary N) is 1. The summed E-state index contributed by atoms with van der Waals surface area (Å²) in [4.78, 5) is 35.8. The van der Waals surface area contributed by atoms with Crippen molar-refractivity contribution >= 4 is 17.7 Å². The maximum absolute atomic E-state index is 12.3. The minimum atomic E-state index is -0.599. The predicted molar refractivity (Wildman–Crippen MR) is 94.4 cm³/mol. The van der Waals surface area contributed by atoms with Crippen LogP contribution in [-0.2, 0) is 9.53 Å². The quantitative estimate of drug-likeness (QED) is 0.622. The van der Waals surface area contributed by atoms with E-state index in [2.05, 4.69) is 5.32 Å². The molecule has 0 heterocycles. The molecule has 0 fully saturated rings. The molecule has 0 atom stereocenters. The number of carbonyl (C=O) groups excluding carboxylic acids is 3. The SMILES string of the molecule is CC(C)CNC(=O)COC(=O)c1ccc(C(=O)c2ccccc2)cc1. The Morgan fingerprint density at radius 3 is 2.04 bits per heavy atom. The Kier molecular flexibility index (Phi) is 6.46. The van der Waals surface area contributed by atoms with E-state index >= 15 is 0 Å². The molecular weight excluding hydrogens is 318 g/mol. The van der Waals surface area contributed by atoms with Gasteiger partial charge >= 0.3 is 5.97 Å². The first-order valence-electron chi connectivity index (χ1n) is 8.11. The van der Waals surface area contributed by atoms with E-state index in [1.54, 1.807) is 36.4 Å². The van der Waals surface area contributed by atoms with Gasteiger partial charge in [-0.3, -0.25) is 9.59 Å². The second-order valence-corrected chi connectivity index (χ2v) is 6.05. The molecule has 2 aromatic rings. The highest BCUT2D eigenvalue weighted by Gasteiger charge is 2.13. The van der Waals surface area contributed by atoms with E-state index in [1.165, 1.54) is 12.1 Å². The number of rotatable bonds is 7. The van der Waals surface area contributed by atoms with Crippen molar-refractivity contribution in [2.45, 2.75) is 13.8 Å². The van der Waals surface area contributed by atoms with E-state index in [-0.39, 0.29) is 18.3 Å². The van der Waals surface area contributed by atoms with Crippen LogP contribution in [0.4, 0.5) is 0 Å². The summed E-state index contributed by atoms with van der Waals surface area (Å²) in [5, 5.41) is 2.67. The summed E-state index contributed by atoms with van der Waals surface area (Å²) < 4.78 is 4.97. The lowest BCUT2D eigenvalue weighted by molar-refractivity contribution is -0.124. The smallest absolute Gasteiger partial charge is 0.338 e. The van der Waals surface area contributed by atoms with Crippen molar-refractivity contribution in [1.29, 1.82) is 0 Å². The zero-order valence-electron chi connectivity index (χ0n) is 14.3. The lowest BCUT2D eigenvalue weighted by Crippen LogP contribution is -2.31. The average Bonchev–Trinajstić information content (AvgIpc) is 2.64. The number of hydrogen-bond acceptors (Lipinski definition) is 4. The first kappa shape index (κ1) is 18.4. The maximum Gasteiger partial charge on any atom is 0.338 e. The fraction of sp³-hybridized carbons (Fsp3) is 0.250. The molecule has 1 N–H and O–H groups in total. The van der Waals surface area contributed by atoms with Crippen LogP contribution >= 0.6 is 0 Å².